The van der Waals surface area contributed by atoms with Crippen LogP contribution in [0.5, 0.6) is 0 Å². The molecule has 4 aromatic heterocycles. The van der Waals surface area contributed by atoms with Gasteiger partial charge in [-0.25, -0.2) is 14.4 Å². The average Bonchev–Trinajstić information content (AvgIpc) is 3.45. The van der Waals surface area contributed by atoms with Crippen LogP contribution in [0.25, 0.3) is 22.3 Å². The minimum Gasteiger partial charge on any atom is -0.388 e. The summed E-state index contributed by atoms with van der Waals surface area (Å²) in [4.78, 5) is 28.3. The minimum atomic E-state index is -1.19. The summed E-state index contributed by atoms with van der Waals surface area (Å²) in [5, 5.41) is 16.9. The van der Waals surface area contributed by atoms with E-state index in [1.807, 2.05) is 40.9 Å². The number of pyridine rings is 3. The summed E-state index contributed by atoms with van der Waals surface area (Å²) >= 11 is 0. The maximum atomic E-state index is 13.6. The van der Waals surface area contributed by atoms with E-state index in [0.717, 1.165) is 33.5 Å². The van der Waals surface area contributed by atoms with Crippen LogP contribution < -0.4 is 15.5 Å². The Bertz CT molecular complexity index is 1440. The number of rotatable bonds is 4. The predicted octanol–water partition coefficient (Wildman–Crippen LogP) is 2.93. The third-order valence-corrected chi connectivity index (χ3v) is 6.73. The lowest BCUT2D eigenvalue weighted by molar-refractivity contribution is 0.0645. The van der Waals surface area contributed by atoms with Gasteiger partial charge in [0.05, 0.1) is 35.0 Å². The first kappa shape index (κ1) is 21.5. The first-order valence-electron chi connectivity index (χ1n) is 11.5. The van der Waals surface area contributed by atoms with E-state index in [2.05, 4.69) is 20.6 Å². The summed E-state index contributed by atoms with van der Waals surface area (Å²) in [6.07, 6.45) is 5.15. The highest BCUT2D eigenvalue weighted by Gasteiger charge is 2.29. The Morgan fingerprint density at radius 1 is 1.17 bits per heavy atom. The molecule has 0 bridgehead atoms. The molecule has 9 nitrogen and oxygen atoms in total. The van der Waals surface area contributed by atoms with Gasteiger partial charge in [-0.05, 0) is 30.7 Å². The Morgan fingerprint density at radius 3 is 2.86 bits per heavy atom. The number of carbonyl (C=O) groups is 1. The van der Waals surface area contributed by atoms with Gasteiger partial charge in [-0.1, -0.05) is 0 Å². The van der Waals surface area contributed by atoms with Crippen molar-refractivity contribution in [3.63, 3.8) is 0 Å². The van der Waals surface area contributed by atoms with Gasteiger partial charge < -0.3 is 25.2 Å². The summed E-state index contributed by atoms with van der Waals surface area (Å²) in [5.74, 6) is 0.393. The number of nitrogens with zero attached hydrogens (tertiary/aromatic N) is 5. The van der Waals surface area contributed by atoms with E-state index < -0.39 is 12.3 Å². The second kappa shape index (κ2) is 8.31. The van der Waals surface area contributed by atoms with E-state index in [4.69, 9.17) is 4.98 Å². The number of alkyl halides is 1. The van der Waals surface area contributed by atoms with Crippen LogP contribution in [0.1, 0.15) is 22.3 Å². The number of aromatic nitrogens is 4. The van der Waals surface area contributed by atoms with Crippen LogP contribution in [0.4, 0.5) is 21.6 Å². The SMILES string of the molecule is Cn1ccc2c(-c3ncc(Nc4ccc(N5CC[C@H](F)[C@@H](O)C5)cn4)c4c3CNC4=O)ccnc21. The number of aliphatic hydroxyl groups is 1. The molecule has 6 rings (SSSR count). The number of hydrogen-bond donors (Lipinski definition) is 3. The van der Waals surface area contributed by atoms with Gasteiger partial charge in [0.1, 0.15) is 23.7 Å². The molecule has 6 heterocycles. The molecule has 4 aromatic rings. The molecule has 0 saturated carbocycles. The molecular formula is C25H24FN7O2. The van der Waals surface area contributed by atoms with Crippen molar-refractivity contribution in [1.29, 1.82) is 0 Å². The average molecular weight is 474 g/mol. The van der Waals surface area contributed by atoms with Crippen LogP contribution in [0.15, 0.2) is 49.1 Å². The molecule has 0 aliphatic carbocycles. The van der Waals surface area contributed by atoms with E-state index >= 15 is 0 Å². The Morgan fingerprint density at radius 2 is 2.06 bits per heavy atom. The summed E-state index contributed by atoms with van der Waals surface area (Å²) < 4.78 is 15.5. The topological polar surface area (TPSA) is 108 Å². The maximum Gasteiger partial charge on any atom is 0.254 e. The Kier molecular flexibility index (Phi) is 5.10. The first-order chi connectivity index (χ1) is 17.0. The molecular weight excluding hydrogens is 449 g/mol. The van der Waals surface area contributed by atoms with Crippen molar-refractivity contribution in [2.45, 2.75) is 25.2 Å². The maximum absolute atomic E-state index is 13.6. The number of β-amino-alcohol motifs (C(OH)–C–C–N with tert-alkyl or cyclic N) is 1. The highest BCUT2D eigenvalue weighted by Crippen LogP contribution is 2.36. The van der Waals surface area contributed by atoms with Crippen molar-refractivity contribution in [2.75, 3.05) is 23.3 Å². The molecule has 2 aliphatic rings. The van der Waals surface area contributed by atoms with Crippen molar-refractivity contribution in [3.8, 4) is 11.3 Å². The van der Waals surface area contributed by atoms with Crippen LogP contribution in [0.2, 0.25) is 0 Å². The number of halogens is 1. The van der Waals surface area contributed by atoms with Gasteiger partial charge in [0, 0.05) is 55.6 Å². The highest BCUT2D eigenvalue weighted by molar-refractivity contribution is 6.06. The van der Waals surface area contributed by atoms with E-state index in [1.165, 1.54) is 0 Å². The molecule has 10 heteroatoms. The van der Waals surface area contributed by atoms with Crippen LogP contribution in [-0.2, 0) is 13.6 Å². The molecule has 0 spiro atoms. The van der Waals surface area contributed by atoms with Gasteiger partial charge in [-0.2, -0.15) is 0 Å². The Labute approximate surface area is 200 Å². The van der Waals surface area contributed by atoms with Crippen LogP contribution in [0, 0.1) is 0 Å². The number of nitrogens with one attached hydrogen (secondary N) is 2. The quantitative estimate of drug-likeness (QED) is 0.418. The van der Waals surface area contributed by atoms with Crippen molar-refractivity contribution in [2.24, 2.45) is 7.05 Å². The van der Waals surface area contributed by atoms with Gasteiger partial charge in [0.2, 0.25) is 0 Å². The summed E-state index contributed by atoms with van der Waals surface area (Å²) in [6, 6.07) is 7.59. The lowest BCUT2D eigenvalue weighted by atomic mass is 10.0. The van der Waals surface area contributed by atoms with Gasteiger partial charge >= 0.3 is 0 Å². The number of aryl methyl sites for hydroxylation is 1. The van der Waals surface area contributed by atoms with E-state index in [-0.39, 0.29) is 18.9 Å². The standard InChI is InChI=1S/C25H24FN7O2/c1-32-8-5-16-15(4-7-27-24(16)32)23-17-11-30-25(35)22(17)19(12-29-23)31-21-3-2-14(10-28-21)33-9-6-18(26)20(34)13-33/h2-5,7-8,10,12,18,20,34H,6,9,11,13H2,1H3,(H,28,31)(H,30,35)/t18-,20-/m0/s1. The number of aliphatic hydroxyl groups excluding tert-OH is 1. The first-order valence-corrected chi connectivity index (χ1v) is 11.5. The smallest absolute Gasteiger partial charge is 0.254 e. The number of piperidine rings is 1. The molecule has 2 aliphatic heterocycles. The molecule has 1 amide bonds. The van der Waals surface area contributed by atoms with Crippen molar-refractivity contribution in [3.05, 3.63) is 60.2 Å². The highest BCUT2D eigenvalue weighted by atomic mass is 19.1. The monoisotopic (exact) mass is 473 g/mol. The van der Waals surface area contributed by atoms with E-state index in [1.54, 1.807) is 24.7 Å². The molecule has 2 atom stereocenters. The van der Waals surface area contributed by atoms with Gasteiger partial charge in [0.25, 0.3) is 5.91 Å². The third-order valence-electron chi connectivity index (χ3n) is 6.73. The fraction of sp³-hybridized carbons (Fsp3) is 0.280. The van der Waals surface area contributed by atoms with Crippen LogP contribution in [-0.4, -0.2) is 55.9 Å². The minimum absolute atomic E-state index is 0.163. The fourth-order valence-electron chi connectivity index (χ4n) is 4.86. The largest absolute Gasteiger partial charge is 0.388 e. The summed E-state index contributed by atoms with van der Waals surface area (Å²) in [5.41, 5.74) is 5.29. The number of fused-ring (bicyclic) bond motifs is 2. The molecule has 35 heavy (non-hydrogen) atoms. The predicted molar refractivity (Wildman–Crippen MR) is 130 cm³/mol. The van der Waals surface area contributed by atoms with Crippen molar-refractivity contribution < 1.29 is 14.3 Å². The van der Waals surface area contributed by atoms with Crippen LogP contribution in [0.3, 0.4) is 0 Å². The zero-order valence-corrected chi connectivity index (χ0v) is 19.1. The number of anilines is 3. The normalized spacial score (nSPS) is 19.6. The van der Waals surface area contributed by atoms with E-state index in [9.17, 15) is 14.3 Å². The van der Waals surface area contributed by atoms with Crippen molar-refractivity contribution in [1.82, 2.24) is 24.8 Å². The van der Waals surface area contributed by atoms with Crippen LogP contribution >= 0.6 is 0 Å². The Hall–Kier alpha value is -4.05. The molecule has 0 aromatic carbocycles. The Balaban J connectivity index is 1.31. The lowest BCUT2D eigenvalue weighted by Crippen LogP contribution is -2.45. The number of carbonyl (C=O) groups excluding carboxylic acids is 1. The number of amides is 1. The molecule has 0 radical (unpaired) electrons. The molecule has 0 unspecified atom stereocenters. The van der Waals surface area contributed by atoms with Gasteiger partial charge in [-0.15, -0.1) is 0 Å². The van der Waals surface area contributed by atoms with Gasteiger partial charge in [-0.3, -0.25) is 9.78 Å². The van der Waals surface area contributed by atoms with Gasteiger partial charge in [0.15, 0.2) is 0 Å². The fourth-order valence-corrected chi connectivity index (χ4v) is 4.86. The zero-order chi connectivity index (χ0) is 24.1. The lowest BCUT2D eigenvalue weighted by Gasteiger charge is -2.33. The zero-order valence-electron chi connectivity index (χ0n) is 19.1. The molecule has 3 N–H and O–H groups in total. The number of hydrogen-bond acceptors (Lipinski definition) is 7. The van der Waals surface area contributed by atoms with Crippen molar-refractivity contribution >= 4 is 34.1 Å². The molecule has 178 valence electrons. The van der Waals surface area contributed by atoms with E-state index in [0.29, 0.717) is 30.2 Å². The summed E-state index contributed by atoms with van der Waals surface area (Å²) in [7, 11) is 1.94. The third kappa shape index (κ3) is 3.66. The second-order valence-corrected chi connectivity index (χ2v) is 8.92. The molecule has 1 saturated heterocycles. The molecule has 1 fully saturated rings. The summed E-state index contributed by atoms with van der Waals surface area (Å²) in [6.45, 7) is 1.15. The second-order valence-electron chi connectivity index (χ2n) is 8.92.